The van der Waals surface area contributed by atoms with Gasteiger partial charge in [0.05, 0.1) is 5.69 Å². The molecular weight excluding hydrogens is 493 g/mol. The number of aliphatic hydroxyl groups excluding tert-OH is 1. The van der Waals surface area contributed by atoms with E-state index >= 15 is 0 Å². The molecule has 1 saturated heterocycles. The second kappa shape index (κ2) is 10.6. The third-order valence-electron chi connectivity index (χ3n) is 5.49. The molecule has 0 aliphatic carbocycles. The highest BCUT2D eigenvalue weighted by Crippen LogP contribution is 2.32. The number of anilines is 1. The maximum Gasteiger partial charge on any atom is 0.195 e. The number of piperidine rings is 1. The Morgan fingerprint density at radius 3 is 2.47 bits per heavy atom. The molecule has 1 fully saturated rings. The molecular formula is C24H23BrFN3O2S. The summed E-state index contributed by atoms with van der Waals surface area (Å²) in [5.41, 5.74) is 2.18. The number of alkyl halides is 1. The number of rotatable bonds is 7. The fourth-order valence-electron chi connectivity index (χ4n) is 3.70. The van der Waals surface area contributed by atoms with E-state index in [1.54, 1.807) is 48.2 Å². The lowest BCUT2D eigenvalue weighted by molar-refractivity contribution is 0.0747. The molecule has 0 amide bonds. The van der Waals surface area contributed by atoms with E-state index in [-0.39, 0.29) is 5.56 Å². The molecule has 0 bridgehead atoms. The molecule has 1 aromatic heterocycles. The van der Waals surface area contributed by atoms with Crippen molar-refractivity contribution in [2.75, 3.05) is 18.0 Å². The molecule has 2 aromatic carbocycles. The summed E-state index contributed by atoms with van der Waals surface area (Å²) in [5, 5.41) is 12.2. The molecule has 1 aliphatic heterocycles. The molecule has 0 radical (unpaired) electrons. The lowest BCUT2D eigenvalue weighted by Gasteiger charge is -2.33. The number of thioether (sulfide) groups is 1. The minimum atomic E-state index is -1.31. The van der Waals surface area contributed by atoms with Crippen LogP contribution in [-0.2, 0) is 5.33 Å². The predicted molar refractivity (Wildman–Crippen MR) is 128 cm³/mol. The van der Waals surface area contributed by atoms with Gasteiger partial charge in [0, 0.05) is 41.6 Å². The zero-order valence-corrected chi connectivity index (χ0v) is 19.7. The highest BCUT2D eigenvalue weighted by atomic mass is 79.9. The summed E-state index contributed by atoms with van der Waals surface area (Å²) in [6.45, 7) is 1.43. The van der Waals surface area contributed by atoms with Crippen LogP contribution in [0, 0.1) is 5.82 Å². The molecule has 0 spiro atoms. The van der Waals surface area contributed by atoms with Gasteiger partial charge in [-0.25, -0.2) is 14.4 Å². The smallest absolute Gasteiger partial charge is 0.195 e. The lowest BCUT2D eigenvalue weighted by Crippen LogP contribution is -2.35. The van der Waals surface area contributed by atoms with Gasteiger partial charge in [-0.05, 0) is 42.2 Å². The highest BCUT2D eigenvalue weighted by Gasteiger charge is 2.25. The molecule has 3 aromatic rings. The normalized spacial score (nSPS) is 15.5. The van der Waals surface area contributed by atoms with Crippen LogP contribution in [0.25, 0.3) is 0 Å². The van der Waals surface area contributed by atoms with E-state index in [0.29, 0.717) is 29.6 Å². The van der Waals surface area contributed by atoms with E-state index in [2.05, 4.69) is 25.9 Å². The van der Waals surface area contributed by atoms with Crippen molar-refractivity contribution in [2.45, 2.75) is 34.7 Å². The monoisotopic (exact) mass is 515 g/mol. The molecule has 1 unspecified atom stereocenters. The van der Waals surface area contributed by atoms with Crippen molar-refractivity contribution >= 4 is 39.2 Å². The number of aliphatic hydroxyl groups is 1. The van der Waals surface area contributed by atoms with E-state index in [1.165, 1.54) is 6.07 Å². The van der Waals surface area contributed by atoms with Crippen LogP contribution in [0.5, 0.6) is 0 Å². The number of carbonyl (C=O) groups is 1. The number of hydrogen-bond donors (Lipinski definition) is 1. The van der Waals surface area contributed by atoms with Crippen molar-refractivity contribution in [1.29, 1.82) is 0 Å². The van der Waals surface area contributed by atoms with Gasteiger partial charge in [0.15, 0.2) is 10.9 Å². The molecule has 1 atom stereocenters. The summed E-state index contributed by atoms with van der Waals surface area (Å²) < 4.78 is 14.9. The second-order valence-corrected chi connectivity index (χ2v) is 9.48. The van der Waals surface area contributed by atoms with Crippen molar-refractivity contribution in [3.63, 3.8) is 0 Å². The first-order valence-corrected chi connectivity index (χ1v) is 12.4. The number of hydrogen-bond acceptors (Lipinski definition) is 6. The Balaban J connectivity index is 1.37. The molecule has 1 aliphatic rings. The molecule has 2 heterocycles. The van der Waals surface area contributed by atoms with Crippen LogP contribution in [0.1, 0.15) is 40.4 Å². The topological polar surface area (TPSA) is 66.3 Å². The second-order valence-electron chi connectivity index (χ2n) is 7.66. The van der Waals surface area contributed by atoms with E-state index in [1.807, 2.05) is 23.4 Å². The van der Waals surface area contributed by atoms with Gasteiger partial charge in [0.25, 0.3) is 0 Å². The average molecular weight is 516 g/mol. The summed E-state index contributed by atoms with van der Waals surface area (Å²) in [6, 6.07) is 13.1. The first-order chi connectivity index (χ1) is 15.5. The van der Waals surface area contributed by atoms with E-state index in [9.17, 15) is 14.3 Å². The number of ketones is 1. The summed E-state index contributed by atoms with van der Waals surface area (Å²) in [4.78, 5) is 23.4. The van der Waals surface area contributed by atoms with E-state index in [4.69, 9.17) is 0 Å². The molecule has 4 rings (SSSR count). The van der Waals surface area contributed by atoms with Gasteiger partial charge in [0.1, 0.15) is 11.9 Å². The minimum absolute atomic E-state index is 0.164. The van der Waals surface area contributed by atoms with Crippen molar-refractivity contribution in [2.24, 2.45) is 0 Å². The van der Waals surface area contributed by atoms with E-state index in [0.717, 1.165) is 28.9 Å². The molecule has 8 heteroatoms. The van der Waals surface area contributed by atoms with Gasteiger partial charge in [-0.2, -0.15) is 0 Å². The Kier molecular flexibility index (Phi) is 7.55. The Morgan fingerprint density at radius 1 is 1.16 bits per heavy atom. The first kappa shape index (κ1) is 22.9. The number of nitrogens with zero attached hydrogens (tertiary/aromatic N) is 3. The van der Waals surface area contributed by atoms with Crippen LogP contribution in [-0.4, -0.2) is 39.2 Å². The van der Waals surface area contributed by atoms with Crippen molar-refractivity contribution in [3.05, 3.63) is 83.4 Å². The zero-order valence-electron chi connectivity index (χ0n) is 17.3. The van der Waals surface area contributed by atoms with Gasteiger partial charge < -0.3 is 10.0 Å². The van der Waals surface area contributed by atoms with Crippen molar-refractivity contribution in [1.82, 2.24) is 9.97 Å². The van der Waals surface area contributed by atoms with Crippen LogP contribution in [0.2, 0.25) is 0 Å². The number of aromatic nitrogens is 2. The third-order valence-corrected chi connectivity index (χ3v) is 7.36. The van der Waals surface area contributed by atoms with Crippen LogP contribution >= 0.6 is 27.7 Å². The Labute approximate surface area is 199 Å². The minimum Gasteiger partial charge on any atom is -0.380 e. The van der Waals surface area contributed by atoms with Crippen LogP contribution in [0.4, 0.5) is 10.1 Å². The standard InChI is InChI=1S/C24H23BrFN3O2S/c25-13-16-14-27-24(28-15-16)32-19-8-10-29(11-9-19)21-7-6-18(12-20(21)26)23(31)22(30)17-4-2-1-3-5-17/h1-7,12,14-15,19,22,30H,8-11,13H2. The molecule has 5 nitrogen and oxygen atoms in total. The van der Waals surface area contributed by atoms with Crippen molar-refractivity contribution < 1.29 is 14.3 Å². The van der Waals surface area contributed by atoms with E-state index < -0.39 is 17.7 Å². The molecule has 1 N–H and O–H groups in total. The zero-order chi connectivity index (χ0) is 22.5. The maximum absolute atomic E-state index is 14.9. The quantitative estimate of drug-likeness (QED) is 0.265. The maximum atomic E-state index is 14.9. The first-order valence-electron chi connectivity index (χ1n) is 10.4. The van der Waals surface area contributed by atoms with Gasteiger partial charge in [-0.3, -0.25) is 4.79 Å². The average Bonchev–Trinajstić information content (AvgIpc) is 2.84. The summed E-state index contributed by atoms with van der Waals surface area (Å²) in [6.07, 6.45) is 4.13. The predicted octanol–water partition coefficient (Wildman–Crippen LogP) is 5.19. The molecule has 0 saturated carbocycles. The van der Waals surface area contributed by atoms with Crippen LogP contribution in [0.15, 0.2) is 66.1 Å². The summed E-state index contributed by atoms with van der Waals surface area (Å²) in [7, 11) is 0. The lowest BCUT2D eigenvalue weighted by atomic mass is 9.99. The fourth-order valence-corrected chi connectivity index (χ4v) is 4.96. The Morgan fingerprint density at radius 2 is 1.84 bits per heavy atom. The van der Waals surface area contributed by atoms with Gasteiger partial charge >= 0.3 is 0 Å². The molecule has 166 valence electrons. The molecule has 32 heavy (non-hydrogen) atoms. The Hall–Kier alpha value is -2.29. The van der Waals surface area contributed by atoms with Crippen molar-refractivity contribution in [3.8, 4) is 0 Å². The fraction of sp³-hybridized carbons (Fsp3) is 0.292. The van der Waals surface area contributed by atoms with Gasteiger partial charge in [-0.15, -0.1) is 0 Å². The Bertz CT molecular complexity index is 1060. The summed E-state index contributed by atoms with van der Waals surface area (Å²) >= 11 is 5.05. The summed E-state index contributed by atoms with van der Waals surface area (Å²) in [5.74, 6) is -0.960. The van der Waals surface area contributed by atoms with Gasteiger partial charge in [-0.1, -0.05) is 58.0 Å². The number of Topliss-reactive ketones (excluding diaryl/α,β-unsaturated/α-hetero) is 1. The van der Waals surface area contributed by atoms with Crippen LogP contribution in [0.3, 0.4) is 0 Å². The number of halogens is 2. The van der Waals surface area contributed by atoms with Gasteiger partial charge in [0.2, 0.25) is 0 Å². The highest BCUT2D eigenvalue weighted by molar-refractivity contribution is 9.08. The SMILES string of the molecule is O=C(c1ccc(N2CCC(Sc3ncc(CBr)cn3)CC2)c(F)c1)C(O)c1ccccc1. The number of benzene rings is 2. The largest absolute Gasteiger partial charge is 0.380 e. The third kappa shape index (κ3) is 5.36. The van der Waals surface area contributed by atoms with Crippen LogP contribution < -0.4 is 4.90 Å². The number of carbonyl (C=O) groups excluding carboxylic acids is 1.